The fourth-order valence-electron chi connectivity index (χ4n) is 3.76. The van der Waals surface area contributed by atoms with Crippen LogP contribution in [0.4, 0.5) is 0 Å². The summed E-state index contributed by atoms with van der Waals surface area (Å²) in [5.74, 6) is 0.394. The molecule has 0 aromatic carbocycles. The van der Waals surface area contributed by atoms with Gasteiger partial charge < -0.3 is 0 Å². The maximum atomic E-state index is 12.8. The number of likely N-dealkylation sites (tertiary alicyclic amines) is 1. The van der Waals surface area contributed by atoms with Gasteiger partial charge in [-0.3, -0.25) is 14.4 Å². The van der Waals surface area contributed by atoms with Gasteiger partial charge in [0.1, 0.15) is 0 Å². The van der Waals surface area contributed by atoms with Gasteiger partial charge in [-0.05, 0) is 44.8 Å². The Kier molecular flexibility index (Phi) is 3.44. The van der Waals surface area contributed by atoms with Crippen molar-refractivity contribution in [2.75, 3.05) is 13.1 Å². The van der Waals surface area contributed by atoms with E-state index in [-0.39, 0.29) is 5.54 Å². The van der Waals surface area contributed by atoms with E-state index in [1.807, 2.05) is 19.3 Å². The fraction of sp³-hybridized carbons (Fsp3) is 0.733. The lowest BCUT2D eigenvalue weighted by atomic mass is 9.87. The van der Waals surface area contributed by atoms with E-state index < -0.39 is 0 Å². The maximum Gasteiger partial charge on any atom is 0.159 e. The van der Waals surface area contributed by atoms with Gasteiger partial charge in [0.15, 0.2) is 5.78 Å². The summed E-state index contributed by atoms with van der Waals surface area (Å²) in [5, 5.41) is 4.36. The number of aromatic nitrogens is 2. The van der Waals surface area contributed by atoms with Crippen molar-refractivity contribution in [3.05, 3.63) is 18.0 Å². The molecule has 0 atom stereocenters. The van der Waals surface area contributed by atoms with E-state index >= 15 is 0 Å². The van der Waals surface area contributed by atoms with Gasteiger partial charge in [0, 0.05) is 13.2 Å². The number of hydrogen-bond donors (Lipinski definition) is 0. The molecule has 2 aliphatic rings. The van der Waals surface area contributed by atoms with E-state index in [4.69, 9.17) is 0 Å². The van der Waals surface area contributed by atoms with Crippen LogP contribution in [0.2, 0.25) is 0 Å². The van der Waals surface area contributed by atoms with Gasteiger partial charge in [0.2, 0.25) is 0 Å². The first-order chi connectivity index (χ1) is 9.21. The van der Waals surface area contributed by atoms with Crippen LogP contribution in [0.3, 0.4) is 0 Å². The number of Topliss-reactive ketones (excluding diaryl/α,β-unsaturated/α-hetero) is 1. The van der Waals surface area contributed by atoms with Gasteiger partial charge in [-0.25, -0.2) is 0 Å². The molecule has 1 aromatic heterocycles. The lowest BCUT2D eigenvalue weighted by molar-refractivity contribution is -0.130. The van der Waals surface area contributed by atoms with Gasteiger partial charge in [-0.1, -0.05) is 12.8 Å². The van der Waals surface area contributed by atoms with Crippen molar-refractivity contribution >= 4 is 5.78 Å². The Bertz CT molecular complexity index is 454. The van der Waals surface area contributed by atoms with Gasteiger partial charge >= 0.3 is 0 Å². The highest BCUT2D eigenvalue weighted by atomic mass is 16.1. The average molecular weight is 261 g/mol. The summed E-state index contributed by atoms with van der Waals surface area (Å²) in [6.07, 6.45) is 9.42. The first kappa shape index (κ1) is 12.9. The summed E-state index contributed by atoms with van der Waals surface area (Å²) in [4.78, 5) is 15.3. The molecule has 0 bridgehead atoms. The van der Waals surface area contributed by atoms with Crippen molar-refractivity contribution < 1.29 is 4.79 Å². The minimum absolute atomic E-state index is 0.159. The van der Waals surface area contributed by atoms with Crippen LogP contribution in [-0.2, 0) is 18.3 Å². The molecule has 0 radical (unpaired) electrons. The topological polar surface area (TPSA) is 38.1 Å². The smallest absolute Gasteiger partial charge is 0.159 e. The molecule has 0 unspecified atom stereocenters. The van der Waals surface area contributed by atoms with Gasteiger partial charge in [-0.15, -0.1) is 0 Å². The van der Waals surface area contributed by atoms with Crippen molar-refractivity contribution in [2.45, 2.75) is 50.5 Å². The van der Waals surface area contributed by atoms with Crippen LogP contribution in [0.15, 0.2) is 12.3 Å². The number of hydrogen-bond acceptors (Lipinski definition) is 3. The Labute approximate surface area is 114 Å². The van der Waals surface area contributed by atoms with Crippen LogP contribution in [0, 0.1) is 0 Å². The Hall–Kier alpha value is -1.16. The molecule has 4 heteroatoms. The second-order valence-corrected chi connectivity index (χ2v) is 6.01. The fourth-order valence-corrected chi connectivity index (χ4v) is 3.76. The third kappa shape index (κ3) is 2.34. The van der Waals surface area contributed by atoms with Gasteiger partial charge in [-0.2, -0.15) is 5.10 Å². The predicted octanol–water partition coefficient (Wildman–Crippen LogP) is 1.94. The number of ketones is 1. The van der Waals surface area contributed by atoms with E-state index in [9.17, 15) is 4.79 Å². The normalized spacial score (nSPS) is 23.0. The van der Waals surface area contributed by atoms with Crippen LogP contribution >= 0.6 is 0 Å². The summed E-state index contributed by atoms with van der Waals surface area (Å²) in [7, 11) is 1.90. The van der Waals surface area contributed by atoms with Crippen molar-refractivity contribution in [1.29, 1.82) is 0 Å². The van der Waals surface area contributed by atoms with Crippen molar-refractivity contribution in [3.8, 4) is 0 Å². The Balaban J connectivity index is 1.77. The summed E-state index contributed by atoms with van der Waals surface area (Å²) in [6, 6.07) is 1.96. The minimum Gasteiger partial charge on any atom is -0.297 e. The van der Waals surface area contributed by atoms with Crippen LogP contribution < -0.4 is 0 Å². The highest BCUT2D eigenvalue weighted by Gasteiger charge is 2.46. The van der Waals surface area contributed by atoms with Crippen LogP contribution in [-0.4, -0.2) is 39.1 Å². The molecule has 1 saturated heterocycles. The number of carbonyl (C=O) groups is 1. The molecule has 2 fully saturated rings. The van der Waals surface area contributed by atoms with E-state index in [2.05, 4.69) is 10.00 Å². The largest absolute Gasteiger partial charge is 0.297 e. The molecule has 2 heterocycles. The summed E-state index contributed by atoms with van der Waals surface area (Å²) in [6.45, 7) is 2.21. The maximum absolute atomic E-state index is 12.8. The van der Waals surface area contributed by atoms with Crippen molar-refractivity contribution in [3.63, 3.8) is 0 Å². The Morgan fingerprint density at radius 1 is 1.26 bits per heavy atom. The predicted molar refractivity (Wildman–Crippen MR) is 73.9 cm³/mol. The quantitative estimate of drug-likeness (QED) is 0.831. The Morgan fingerprint density at radius 3 is 2.53 bits per heavy atom. The molecule has 1 aliphatic carbocycles. The van der Waals surface area contributed by atoms with E-state index in [1.54, 1.807) is 4.68 Å². The van der Waals surface area contributed by atoms with Crippen LogP contribution in [0.25, 0.3) is 0 Å². The zero-order chi connectivity index (χ0) is 13.3. The van der Waals surface area contributed by atoms with Crippen molar-refractivity contribution in [1.82, 2.24) is 14.7 Å². The number of aryl methyl sites for hydroxylation is 1. The zero-order valence-corrected chi connectivity index (χ0v) is 11.8. The minimum atomic E-state index is -0.159. The van der Waals surface area contributed by atoms with E-state index in [0.717, 1.165) is 31.6 Å². The monoisotopic (exact) mass is 261 g/mol. The summed E-state index contributed by atoms with van der Waals surface area (Å²) >= 11 is 0. The van der Waals surface area contributed by atoms with Gasteiger partial charge in [0.25, 0.3) is 0 Å². The molecular weight excluding hydrogens is 238 g/mol. The third-order valence-electron chi connectivity index (χ3n) is 4.77. The lowest BCUT2D eigenvalue weighted by Crippen LogP contribution is -2.52. The zero-order valence-electron chi connectivity index (χ0n) is 11.8. The molecule has 0 N–H and O–H groups in total. The molecule has 4 nitrogen and oxygen atoms in total. The SMILES string of the molecule is Cn1ccc(CC(=O)C2(N3CCCC3)CCCC2)n1. The second kappa shape index (κ2) is 5.08. The molecular formula is C15H23N3O. The number of nitrogens with zero attached hydrogens (tertiary/aromatic N) is 3. The molecule has 1 saturated carbocycles. The van der Waals surface area contributed by atoms with E-state index in [0.29, 0.717) is 12.2 Å². The van der Waals surface area contributed by atoms with Crippen molar-refractivity contribution in [2.24, 2.45) is 7.05 Å². The third-order valence-corrected chi connectivity index (χ3v) is 4.77. The van der Waals surface area contributed by atoms with Gasteiger partial charge in [0.05, 0.1) is 17.7 Å². The average Bonchev–Trinajstić information content (AvgIpc) is 3.09. The molecule has 3 rings (SSSR count). The number of carbonyl (C=O) groups excluding carboxylic acids is 1. The molecule has 0 amide bonds. The molecule has 1 aromatic rings. The highest BCUT2D eigenvalue weighted by Crippen LogP contribution is 2.38. The summed E-state index contributed by atoms with van der Waals surface area (Å²) < 4.78 is 1.78. The van der Waals surface area contributed by atoms with Crippen LogP contribution in [0.5, 0.6) is 0 Å². The number of rotatable bonds is 4. The molecule has 0 spiro atoms. The summed E-state index contributed by atoms with van der Waals surface area (Å²) in [5.41, 5.74) is 0.756. The Morgan fingerprint density at radius 2 is 1.95 bits per heavy atom. The van der Waals surface area contributed by atoms with E-state index in [1.165, 1.54) is 25.7 Å². The lowest BCUT2D eigenvalue weighted by Gasteiger charge is -2.37. The first-order valence-electron chi connectivity index (χ1n) is 7.48. The first-order valence-corrected chi connectivity index (χ1v) is 7.48. The standard InChI is InChI=1S/C15H23N3O/c1-17-11-6-13(16-17)12-14(19)15(7-2-3-8-15)18-9-4-5-10-18/h6,11H,2-5,7-10,12H2,1H3. The molecule has 104 valence electrons. The van der Waals surface area contributed by atoms with Crippen LogP contribution in [0.1, 0.15) is 44.2 Å². The highest BCUT2D eigenvalue weighted by molar-refractivity contribution is 5.90. The molecule has 19 heavy (non-hydrogen) atoms. The second-order valence-electron chi connectivity index (χ2n) is 6.01. The molecule has 1 aliphatic heterocycles.